The molecule has 4 rings (SSSR count). The highest BCUT2D eigenvalue weighted by Crippen LogP contribution is 2.34. The molecule has 4 aromatic rings. The predicted octanol–water partition coefficient (Wildman–Crippen LogP) is 8.84. The first-order chi connectivity index (χ1) is 35.4. The number of carbonyl (C=O) groups is 3. The van der Waals surface area contributed by atoms with E-state index in [0.717, 1.165) is 0 Å². The Hall–Kier alpha value is -8.18. The summed E-state index contributed by atoms with van der Waals surface area (Å²) in [6, 6.07) is 4.36. The first kappa shape index (κ1) is 58.4. The molecule has 3 amide bonds. The van der Waals surface area contributed by atoms with Gasteiger partial charge in [0.25, 0.3) is 17.7 Å². The molecule has 33 heteroatoms. The second kappa shape index (κ2) is 28.8. The van der Waals surface area contributed by atoms with Crippen LogP contribution in [0.1, 0.15) is 36.6 Å². The number of hydrogen-bond donors (Lipinski definition) is 3. The van der Waals surface area contributed by atoms with Gasteiger partial charge in [-0.15, -0.1) is 0 Å². The molecule has 0 saturated carbocycles. The summed E-state index contributed by atoms with van der Waals surface area (Å²) in [6.45, 7) is -2.33. The van der Waals surface area contributed by atoms with E-state index in [4.69, 9.17) is 45.0 Å². The maximum atomic E-state index is 14.5. The zero-order valence-corrected chi connectivity index (χ0v) is 37.4. The smallest absolute Gasteiger partial charge is 0.257 e. The van der Waals surface area contributed by atoms with Crippen molar-refractivity contribution in [1.29, 1.82) is 0 Å². The molecule has 0 aromatic heterocycles. The van der Waals surface area contributed by atoms with Crippen molar-refractivity contribution in [3.63, 3.8) is 0 Å². The molecule has 0 fully saturated rings. The number of carbonyl (C=O) groups excluding carboxylic acids is 3. The number of nitrogens with zero attached hydrogens (tertiary/aromatic N) is 9. The summed E-state index contributed by atoms with van der Waals surface area (Å²) in [4.78, 5) is 43.2. The molecule has 0 unspecified atom stereocenters. The van der Waals surface area contributed by atoms with Crippen LogP contribution in [0, 0.1) is 69.8 Å². The first-order valence-corrected chi connectivity index (χ1v) is 20.7. The molecular formula is C41H34F12N12O9. The third-order valence-electron chi connectivity index (χ3n) is 9.32. The van der Waals surface area contributed by atoms with Gasteiger partial charge in [0, 0.05) is 34.4 Å². The van der Waals surface area contributed by atoms with Crippen molar-refractivity contribution >= 4 is 34.8 Å². The number of hydrogen-bond acceptors (Lipinski definition) is 12. The minimum absolute atomic E-state index is 0.0509. The molecule has 0 atom stereocenters. The number of rotatable bonds is 29. The predicted molar refractivity (Wildman–Crippen MR) is 227 cm³/mol. The first-order valence-electron chi connectivity index (χ1n) is 20.7. The van der Waals surface area contributed by atoms with Gasteiger partial charge in [0.05, 0.1) is 52.9 Å². The van der Waals surface area contributed by atoms with Gasteiger partial charge in [0.1, 0.15) is 47.0 Å². The van der Waals surface area contributed by atoms with Gasteiger partial charge in [-0.25, -0.2) is 52.7 Å². The van der Waals surface area contributed by atoms with Crippen LogP contribution in [0.3, 0.4) is 0 Å². The SMILES string of the molecule is [N-]=[N+]=Nc1c(F)c(F)c(C(=O)NCCOCCOCCOc2ccc(CCNC(=O)c3c(F)c(F)c(N=[N+]=[N-])c(F)c3F)cc2OCCOCCOCCNC(=O)c2c(F)c(F)c(N=[N+]=[N-])c(F)c2F)c(F)c1F. The van der Waals surface area contributed by atoms with Gasteiger partial charge in [-0.1, -0.05) is 21.4 Å². The van der Waals surface area contributed by atoms with E-state index in [-0.39, 0.29) is 104 Å². The van der Waals surface area contributed by atoms with Gasteiger partial charge in [0.2, 0.25) is 0 Å². The number of benzene rings is 4. The molecule has 74 heavy (non-hydrogen) atoms. The second-order valence-electron chi connectivity index (χ2n) is 14.0. The van der Waals surface area contributed by atoms with Crippen LogP contribution in [-0.4, -0.2) is 103 Å². The number of ether oxygens (including phenoxy) is 6. The van der Waals surface area contributed by atoms with Crippen LogP contribution in [-0.2, 0) is 25.4 Å². The van der Waals surface area contributed by atoms with Crippen molar-refractivity contribution in [3.05, 3.63) is 142 Å². The highest BCUT2D eigenvalue weighted by Gasteiger charge is 2.31. The fourth-order valence-corrected chi connectivity index (χ4v) is 5.92. The average Bonchev–Trinajstić information content (AvgIpc) is 3.37. The summed E-state index contributed by atoms with van der Waals surface area (Å²) in [5.74, 6) is -29.5. The molecule has 0 aliphatic heterocycles. The maximum absolute atomic E-state index is 14.5. The van der Waals surface area contributed by atoms with Crippen molar-refractivity contribution in [1.82, 2.24) is 16.0 Å². The van der Waals surface area contributed by atoms with Crippen molar-refractivity contribution in [2.45, 2.75) is 6.42 Å². The lowest BCUT2D eigenvalue weighted by atomic mass is 10.1. The largest absolute Gasteiger partial charge is 0.487 e. The van der Waals surface area contributed by atoms with Crippen molar-refractivity contribution in [3.8, 4) is 11.5 Å². The summed E-state index contributed by atoms with van der Waals surface area (Å²) >= 11 is 0. The van der Waals surface area contributed by atoms with Crippen LogP contribution >= 0.6 is 0 Å². The molecule has 0 saturated heterocycles. The highest BCUT2D eigenvalue weighted by atomic mass is 19.2. The average molecular weight is 1070 g/mol. The third-order valence-corrected chi connectivity index (χ3v) is 9.32. The topological polar surface area (TPSA) is 289 Å². The number of nitrogens with one attached hydrogen (secondary N) is 3. The quantitative estimate of drug-likeness (QED) is 0.0117. The molecule has 0 spiro atoms. The Kier molecular flexibility index (Phi) is 22.7. The lowest BCUT2D eigenvalue weighted by Gasteiger charge is -2.15. The highest BCUT2D eigenvalue weighted by molar-refractivity contribution is 5.96. The van der Waals surface area contributed by atoms with E-state index in [1.165, 1.54) is 18.2 Å². The third kappa shape index (κ3) is 14.9. The standard InChI is InChI=1S/C41H34F12N12O9/c42-24-21(25(43)31(49)36(30(24)48)60-63-54)39(66)57-4-3-18-1-2-19(73-15-13-71-11-9-69-7-5-58-40(67)22-26(44)32(50)37(61-64-55)33(51)27(22)45)20(17-18)74-16-14-72-12-10-70-8-6-59-41(68)23-28(46)34(52)38(62-65-56)35(53)29(23)47/h1-2,17H,3-16H2,(H,57,66)(H,58,67)(H,59,68). The summed E-state index contributed by atoms with van der Waals surface area (Å²) in [5.41, 5.74) is 15.9. The summed E-state index contributed by atoms with van der Waals surface area (Å²) < 4.78 is 203. The fourth-order valence-electron chi connectivity index (χ4n) is 5.92. The molecular weight excluding hydrogens is 1030 g/mol. The molecule has 396 valence electrons. The van der Waals surface area contributed by atoms with Gasteiger partial charge >= 0.3 is 0 Å². The van der Waals surface area contributed by atoms with Gasteiger partial charge in [-0.2, -0.15) is 0 Å². The molecule has 4 aromatic carbocycles. The van der Waals surface area contributed by atoms with E-state index in [1.807, 2.05) is 10.6 Å². The summed E-state index contributed by atoms with van der Waals surface area (Å²) in [6.07, 6.45) is -0.0628. The monoisotopic (exact) mass is 1070 g/mol. The zero-order valence-electron chi connectivity index (χ0n) is 37.4. The van der Waals surface area contributed by atoms with Crippen molar-refractivity contribution in [2.75, 3.05) is 85.7 Å². The van der Waals surface area contributed by atoms with Crippen LogP contribution in [0.4, 0.5) is 69.7 Å². The number of halogens is 12. The fraction of sp³-hybridized carbons (Fsp3) is 0.341. The second-order valence-corrected chi connectivity index (χ2v) is 14.0. The molecule has 0 aliphatic rings. The molecule has 21 nitrogen and oxygen atoms in total. The molecule has 0 heterocycles. The lowest BCUT2D eigenvalue weighted by molar-refractivity contribution is 0.0338. The van der Waals surface area contributed by atoms with E-state index < -0.39 is 121 Å². The Morgan fingerprint density at radius 2 is 0.703 bits per heavy atom. The Labute approximate surface area is 406 Å². The molecule has 0 aliphatic carbocycles. The van der Waals surface area contributed by atoms with E-state index >= 15 is 0 Å². The maximum Gasteiger partial charge on any atom is 0.257 e. The van der Waals surface area contributed by atoms with Gasteiger partial charge in [-0.05, 0) is 40.7 Å². The van der Waals surface area contributed by atoms with Gasteiger partial charge in [0.15, 0.2) is 81.3 Å². The van der Waals surface area contributed by atoms with Crippen LogP contribution < -0.4 is 25.4 Å². The van der Waals surface area contributed by atoms with Gasteiger partial charge < -0.3 is 44.4 Å². The Bertz CT molecular complexity index is 2800. The van der Waals surface area contributed by atoms with E-state index in [2.05, 4.69) is 35.4 Å². The Morgan fingerprint density at radius 3 is 1.04 bits per heavy atom. The van der Waals surface area contributed by atoms with E-state index in [0.29, 0.717) is 5.56 Å². The number of azide groups is 3. The van der Waals surface area contributed by atoms with Crippen LogP contribution in [0.15, 0.2) is 33.5 Å². The normalized spacial score (nSPS) is 10.8. The van der Waals surface area contributed by atoms with E-state index in [1.54, 1.807) is 0 Å². The van der Waals surface area contributed by atoms with E-state index in [9.17, 15) is 67.1 Å². The summed E-state index contributed by atoms with van der Waals surface area (Å²) in [7, 11) is 0. The lowest BCUT2D eigenvalue weighted by Crippen LogP contribution is -2.30. The molecule has 3 N–H and O–H groups in total. The molecule has 0 radical (unpaired) electrons. The van der Waals surface area contributed by atoms with Gasteiger partial charge in [-0.3, -0.25) is 14.4 Å². The zero-order chi connectivity index (χ0) is 54.5. The Balaban J connectivity index is 1.25. The van der Waals surface area contributed by atoms with Crippen LogP contribution in [0.2, 0.25) is 0 Å². The van der Waals surface area contributed by atoms with Crippen molar-refractivity contribution in [2.24, 2.45) is 15.3 Å². The minimum Gasteiger partial charge on any atom is -0.487 e. The van der Waals surface area contributed by atoms with Crippen LogP contribution in [0.5, 0.6) is 11.5 Å². The van der Waals surface area contributed by atoms with Crippen LogP contribution in [0.25, 0.3) is 31.3 Å². The summed E-state index contributed by atoms with van der Waals surface area (Å²) in [5, 5.41) is 13.7. The Morgan fingerprint density at radius 1 is 0.405 bits per heavy atom. The number of amides is 3. The van der Waals surface area contributed by atoms with Crippen molar-refractivity contribution < 1.29 is 95.5 Å². The minimum atomic E-state index is -2.11. The molecule has 0 bridgehead atoms.